The predicted molar refractivity (Wildman–Crippen MR) is 92.8 cm³/mol. The van der Waals surface area contributed by atoms with Crippen molar-refractivity contribution < 1.29 is 19.0 Å². The first-order valence-electron chi connectivity index (χ1n) is 9.09. The third kappa shape index (κ3) is 4.50. The molecule has 0 bridgehead atoms. The van der Waals surface area contributed by atoms with E-state index < -0.39 is 6.10 Å². The normalized spacial score (nSPS) is 23.6. The fraction of sp³-hybridized carbons (Fsp3) is 0.632. The smallest absolute Gasteiger partial charge is 0.237 e. The van der Waals surface area contributed by atoms with Crippen LogP contribution in [0.4, 0.5) is 4.39 Å². The number of benzene rings is 1. The lowest BCUT2D eigenvalue weighted by atomic mass is 9.94. The molecule has 0 radical (unpaired) electrons. The van der Waals surface area contributed by atoms with Crippen LogP contribution >= 0.6 is 0 Å². The first-order valence-corrected chi connectivity index (χ1v) is 9.09. The SMILES string of the molecule is COc1ccc(F)c(CN2CC(=O)N(C3CCCCC3)CC(O)C2)c1. The van der Waals surface area contributed by atoms with Gasteiger partial charge >= 0.3 is 0 Å². The molecule has 6 heteroatoms. The molecule has 1 aromatic rings. The van der Waals surface area contributed by atoms with Gasteiger partial charge in [0.15, 0.2) is 0 Å². The predicted octanol–water partition coefficient (Wildman–Crippen LogP) is 2.17. The Kier molecular flexibility index (Phi) is 5.91. The van der Waals surface area contributed by atoms with Crippen molar-refractivity contribution in [1.82, 2.24) is 9.80 Å². The molecule has 1 saturated carbocycles. The number of hydrogen-bond acceptors (Lipinski definition) is 4. The number of nitrogens with zero attached hydrogens (tertiary/aromatic N) is 2. The summed E-state index contributed by atoms with van der Waals surface area (Å²) in [4.78, 5) is 16.4. The van der Waals surface area contributed by atoms with Gasteiger partial charge in [-0.25, -0.2) is 4.39 Å². The maximum Gasteiger partial charge on any atom is 0.237 e. The number of aliphatic hydroxyl groups is 1. The number of rotatable bonds is 4. The van der Waals surface area contributed by atoms with E-state index in [0.717, 1.165) is 25.7 Å². The lowest BCUT2D eigenvalue weighted by Crippen LogP contribution is -2.45. The molecule has 2 fully saturated rings. The van der Waals surface area contributed by atoms with E-state index >= 15 is 0 Å². The summed E-state index contributed by atoms with van der Waals surface area (Å²) in [7, 11) is 1.54. The van der Waals surface area contributed by atoms with Gasteiger partial charge in [0.1, 0.15) is 11.6 Å². The lowest BCUT2D eigenvalue weighted by molar-refractivity contribution is -0.134. The first kappa shape index (κ1) is 18.1. The summed E-state index contributed by atoms with van der Waals surface area (Å²) in [5.74, 6) is 0.296. The average molecular weight is 350 g/mol. The highest BCUT2D eigenvalue weighted by Gasteiger charge is 2.32. The van der Waals surface area contributed by atoms with Crippen molar-refractivity contribution in [2.24, 2.45) is 0 Å². The van der Waals surface area contributed by atoms with Gasteiger partial charge in [-0.3, -0.25) is 9.69 Å². The van der Waals surface area contributed by atoms with Gasteiger partial charge in [0.05, 0.1) is 19.8 Å². The molecule has 1 saturated heterocycles. The molecule has 138 valence electrons. The van der Waals surface area contributed by atoms with Gasteiger partial charge in [-0.05, 0) is 31.0 Å². The highest BCUT2D eigenvalue weighted by molar-refractivity contribution is 5.79. The zero-order chi connectivity index (χ0) is 17.8. The molecule has 1 unspecified atom stereocenters. The molecule has 25 heavy (non-hydrogen) atoms. The van der Waals surface area contributed by atoms with Crippen molar-refractivity contribution in [2.75, 3.05) is 26.7 Å². The number of β-amino-alcohol motifs (C(OH)–C–C–N with tert-alkyl or cyclic N) is 1. The quantitative estimate of drug-likeness (QED) is 0.904. The second kappa shape index (κ2) is 8.15. The van der Waals surface area contributed by atoms with E-state index in [9.17, 15) is 14.3 Å². The van der Waals surface area contributed by atoms with E-state index in [1.807, 2.05) is 9.80 Å². The van der Waals surface area contributed by atoms with Crippen LogP contribution < -0.4 is 4.74 Å². The maximum absolute atomic E-state index is 14.1. The minimum absolute atomic E-state index is 0.0340. The number of halogens is 1. The number of amides is 1. The highest BCUT2D eigenvalue weighted by Crippen LogP contribution is 2.25. The minimum atomic E-state index is -0.609. The molecule has 5 nitrogen and oxygen atoms in total. The summed E-state index contributed by atoms with van der Waals surface area (Å²) >= 11 is 0. The topological polar surface area (TPSA) is 53.0 Å². The maximum atomic E-state index is 14.1. The Bertz CT molecular complexity index is 604. The Labute approximate surface area is 148 Å². The van der Waals surface area contributed by atoms with Crippen LogP contribution in [0.2, 0.25) is 0 Å². The summed E-state index contributed by atoms with van der Waals surface area (Å²) in [6.45, 7) is 1.24. The van der Waals surface area contributed by atoms with E-state index in [-0.39, 0.29) is 30.9 Å². The molecule has 1 aliphatic carbocycles. The fourth-order valence-electron chi connectivity index (χ4n) is 3.94. The monoisotopic (exact) mass is 350 g/mol. The Hall–Kier alpha value is -1.66. The average Bonchev–Trinajstić information content (AvgIpc) is 2.75. The lowest BCUT2D eigenvalue weighted by Gasteiger charge is -2.34. The van der Waals surface area contributed by atoms with Gasteiger partial charge < -0.3 is 14.7 Å². The largest absolute Gasteiger partial charge is 0.497 e. The van der Waals surface area contributed by atoms with E-state index in [2.05, 4.69) is 0 Å². The second-order valence-corrected chi connectivity index (χ2v) is 7.12. The Morgan fingerprint density at radius 2 is 2.00 bits per heavy atom. The third-order valence-corrected chi connectivity index (χ3v) is 5.22. The van der Waals surface area contributed by atoms with E-state index in [4.69, 9.17) is 4.74 Å². The molecule has 1 aliphatic heterocycles. The van der Waals surface area contributed by atoms with Crippen molar-refractivity contribution in [3.8, 4) is 5.75 Å². The van der Waals surface area contributed by atoms with E-state index in [1.165, 1.54) is 19.6 Å². The van der Waals surface area contributed by atoms with Crippen LogP contribution in [0.25, 0.3) is 0 Å². The summed E-state index contributed by atoms with van der Waals surface area (Å²) < 4.78 is 19.2. The molecular formula is C19H27FN2O3. The minimum Gasteiger partial charge on any atom is -0.497 e. The molecule has 1 heterocycles. The fourth-order valence-corrected chi connectivity index (χ4v) is 3.94. The van der Waals surface area contributed by atoms with Gasteiger partial charge in [-0.1, -0.05) is 19.3 Å². The molecular weight excluding hydrogens is 323 g/mol. The van der Waals surface area contributed by atoms with Crippen LogP contribution in [0.1, 0.15) is 37.7 Å². The molecule has 3 rings (SSSR count). The van der Waals surface area contributed by atoms with Gasteiger partial charge in [-0.15, -0.1) is 0 Å². The zero-order valence-electron chi connectivity index (χ0n) is 14.8. The molecule has 1 atom stereocenters. The van der Waals surface area contributed by atoms with Crippen molar-refractivity contribution in [3.05, 3.63) is 29.6 Å². The Balaban J connectivity index is 1.70. The number of aliphatic hydroxyl groups excluding tert-OH is 1. The number of methoxy groups -OCH3 is 1. The van der Waals surface area contributed by atoms with Crippen LogP contribution in [0.5, 0.6) is 5.75 Å². The molecule has 1 N–H and O–H groups in total. The van der Waals surface area contributed by atoms with Crippen LogP contribution in [0, 0.1) is 5.82 Å². The third-order valence-electron chi connectivity index (χ3n) is 5.22. The van der Waals surface area contributed by atoms with Crippen molar-refractivity contribution in [1.29, 1.82) is 0 Å². The summed E-state index contributed by atoms with van der Waals surface area (Å²) in [5.41, 5.74) is 0.477. The van der Waals surface area contributed by atoms with Crippen LogP contribution in [-0.4, -0.2) is 59.7 Å². The van der Waals surface area contributed by atoms with Crippen molar-refractivity contribution in [3.63, 3.8) is 0 Å². The first-order chi connectivity index (χ1) is 12.1. The van der Waals surface area contributed by atoms with Crippen LogP contribution in [0.15, 0.2) is 18.2 Å². The van der Waals surface area contributed by atoms with Gasteiger partial charge in [-0.2, -0.15) is 0 Å². The molecule has 1 amide bonds. The molecule has 1 aromatic carbocycles. The second-order valence-electron chi connectivity index (χ2n) is 7.12. The van der Waals surface area contributed by atoms with Crippen LogP contribution in [0.3, 0.4) is 0 Å². The zero-order valence-corrected chi connectivity index (χ0v) is 14.8. The standard InChI is InChI=1S/C19H27FN2O3/c1-25-17-7-8-18(20)14(9-17)10-21-11-16(23)12-22(19(24)13-21)15-5-3-2-4-6-15/h7-9,15-16,23H,2-6,10-13H2,1H3. The number of hydrogen-bond donors (Lipinski definition) is 1. The van der Waals surface area contributed by atoms with Crippen molar-refractivity contribution in [2.45, 2.75) is 50.8 Å². The van der Waals surface area contributed by atoms with Crippen LogP contribution in [-0.2, 0) is 11.3 Å². The molecule has 0 spiro atoms. The molecule has 0 aromatic heterocycles. The number of ether oxygens (including phenoxy) is 1. The number of carbonyl (C=O) groups is 1. The van der Waals surface area contributed by atoms with Gasteiger partial charge in [0, 0.05) is 31.2 Å². The summed E-state index contributed by atoms with van der Waals surface area (Å²) in [5, 5.41) is 10.4. The number of carbonyl (C=O) groups excluding carboxylic acids is 1. The highest BCUT2D eigenvalue weighted by atomic mass is 19.1. The summed E-state index contributed by atoms with van der Waals surface area (Å²) in [6, 6.07) is 4.84. The van der Waals surface area contributed by atoms with Crippen molar-refractivity contribution >= 4 is 5.91 Å². The van der Waals surface area contributed by atoms with Gasteiger partial charge in [0.2, 0.25) is 5.91 Å². The van der Waals surface area contributed by atoms with E-state index in [0.29, 0.717) is 24.4 Å². The van der Waals surface area contributed by atoms with E-state index in [1.54, 1.807) is 12.1 Å². The van der Waals surface area contributed by atoms with Gasteiger partial charge in [0.25, 0.3) is 0 Å². The Morgan fingerprint density at radius 3 is 2.72 bits per heavy atom. The Morgan fingerprint density at radius 1 is 1.24 bits per heavy atom. The summed E-state index contributed by atoms with van der Waals surface area (Å²) in [6.07, 6.45) is 4.93. The molecule has 2 aliphatic rings.